The van der Waals surface area contributed by atoms with Crippen molar-refractivity contribution in [1.82, 2.24) is 14.9 Å². The Hall–Kier alpha value is -1.70. The van der Waals surface area contributed by atoms with E-state index in [-0.39, 0.29) is 11.4 Å². The van der Waals surface area contributed by atoms with Gasteiger partial charge in [0.05, 0.1) is 11.4 Å². The Morgan fingerprint density at radius 1 is 1.19 bits per heavy atom. The molecule has 1 heterocycles. The van der Waals surface area contributed by atoms with Crippen molar-refractivity contribution in [1.29, 1.82) is 0 Å². The molecule has 0 aliphatic heterocycles. The van der Waals surface area contributed by atoms with Gasteiger partial charge in [0.25, 0.3) is 0 Å². The van der Waals surface area contributed by atoms with Crippen LogP contribution >= 0.6 is 0 Å². The number of aryl methyl sites for hydroxylation is 2. The van der Waals surface area contributed by atoms with E-state index in [1.54, 1.807) is 13.8 Å². The van der Waals surface area contributed by atoms with E-state index in [1.807, 2.05) is 24.3 Å². The van der Waals surface area contributed by atoms with Crippen molar-refractivity contribution in [2.75, 3.05) is 6.54 Å². The van der Waals surface area contributed by atoms with E-state index in [4.69, 9.17) is 5.73 Å². The van der Waals surface area contributed by atoms with Crippen molar-refractivity contribution in [3.63, 3.8) is 0 Å². The van der Waals surface area contributed by atoms with Gasteiger partial charge in [0, 0.05) is 6.54 Å². The number of rotatable bonds is 6. The molecule has 2 aromatic rings. The SMILES string of the molecule is Cc1n[nH]c(C)c1S(=O)(=O)NCc1ccc(CCN)cc1. The predicted octanol–water partition coefficient (Wildman–Crippen LogP) is 1.01. The molecule has 7 heteroatoms. The zero-order valence-corrected chi connectivity index (χ0v) is 13.0. The lowest BCUT2D eigenvalue weighted by molar-refractivity contribution is 0.580. The summed E-state index contributed by atoms with van der Waals surface area (Å²) in [6.45, 7) is 4.20. The molecule has 0 bridgehead atoms. The third kappa shape index (κ3) is 3.69. The van der Waals surface area contributed by atoms with Gasteiger partial charge in [-0.3, -0.25) is 5.10 Å². The van der Waals surface area contributed by atoms with E-state index in [0.29, 0.717) is 17.9 Å². The molecule has 0 atom stereocenters. The molecular weight excluding hydrogens is 288 g/mol. The summed E-state index contributed by atoms with van der Waals surface area (Å²) in [4.78, 5) is 0.224. The molecule has 21 heavy (non-hydrogen) atoms. The maximum atomic E-state index is 12.3. The summed E-state index contributed by atoms with van der Waals surface area (Å²) in [5.74, 6) is 0. The average molecular weight is 308 g/mol. The molecule has 1 aromatic carbocycles. The van der Waals surface area contributed by atoms with E-state index < -0.39 is 10.0 Å². The number of hydrogen-bond acceptors (Lipinski definition) is 4. The third-order valence-electron chi connectivity index (χ3n) is 3.25. The Balaban J connectivity index is 2.08. The largest absolute Gasteiger partial charge is 0.330 e. The first-order valence-corrected chi connectivity index (χ1v) is 8.21. The van der Waals surface area contributed by atoms with Crippen LogP contribution in [0.15, 0.2) is 29.2 Å². The van der Waals surface area contributed by atoms with Crippen molar-refractivity contribution < 1.29 is 8.42 Å². The Morgan fingerprint density at radius 3 is 2.33 bits per heavy atom. The van der Waals surface area contributed by atoms with Crippen LogP contribution in [0.4, 0.5) is 0 Å². The zero-order valence-electron chi connectivity index (χ0n) is 12.2. The van der Waals surface area contributed by atoms with E-state index in [1.165, 1.54) is 0 Å². The molecule has 0 radical (unpaired) electrons. The molecule has 4 N–H and O–H groups in total. The second kappa shape index (κ2) is 6.38. The first-order valence-electron chi connectivity index (χ1n) is 6.73. The highest BCUT2D eigenvalue weighted by atomic mass is 32.2. The molecule has 0 fully saturated rings. The number of nitrogens with zero attached hydrogens (tertiary/aromatic N) is 1. The first-order chi connectivity index (χ1) is 9.94. The summed E-state index contributed by atoms with van der Waals surface area (Å²) < 4.78 is 27.2. The highest BCUT2D eigenvalue weighted by Crippen LogP contribution is 2.16. The van der Waals surface area contributed by atoms with Gasteiger partial charge in [0.2, 0.25) is 10.0 Å². The maximum absolute atomic E-state index is 12.3. The van der Waals surface area contributed by atoms with Gasteiger partial charge in [0.15, 0.2) is 0 Å². The van der Waals surface area contributed by atoms with Gasteiger partial charge < -0.3 is 5.73 Å². The fourth-order valence-corrected chi connectivity index (χ4v) is 3.56. The van der Waals surface area contributed by atoms with Crippen LogP contribution in [0.25, 0.3) is 0 Å². The van der Waals surface area contributed by atoms with Crippen LogP contribution in [0, 0.1) is 13.8 Å². The molecule has 0 saturated carbocycles. The molecule has 114 valence electrons. The highest BCUT2D eigenvalue weighted by molar-refractivity contribution is 7.89. The molecule has 0 aliphatic carbocycles. The van der Waals surface area contributed by atoms with E-state index >= 15 is 0 Å². The normalized spacial score (nSPS) is 11.8. The lowest BCUT2D eigenvalue weighted by Crippen LogP contribution is -2.24. The molecule has 0 aliphatic rings. The number of aromatic nitrogens is 2. The average Bonchev–Trinajstić information content (AvgIpc) is 2.78. The number of sulfonamides is 1. The Bertz CT molecular complexity index is 686. The van der Waals surface area contributed by atoms with Crippen LogP contribution in [0.5, 0.6) is 0 Å². The molecule has 0 amide bonds. The van der Waals surface area contributed by atoms with Gasteiger partial charge in [-0.05, 0) is 37.9 Å². The van der Waals surface area contributed by atoms with Gasteiger partial charge in [-0.15, -0.1) is 0 Å². The minimum atomic E-state index is -3.56. The Morgan fingerprint density at radius 2 is 1.81 bits per heavy atom. The fraction of sp³-hybridized carbons (Fsp3) is 0.357. The van der Waals surface area contributed by atoms with Gasteiger partial charge in [-0.2, -0.15) is 5.10 Å². The standard InChI is InChI=1S/C14H20N4O2S/c1-10-14(11(2)18-17-10)21(19,20)16-9-13-5-3-12(4-6-13)7-8-15/h3-6,16H,7-9,15H2,1-2H3,(H,17,18). The number of H-pyrrole nitrogens is 1. The minimum absolute atomic E-state index is 0.224. The third-order valence-corrected chi connectivity index (χ3v) is 4.91. The van der Waals surface area contributed by atoms with Crippen molar-refractivity contribution in [3.05, 3.63) is 46.8 Å². The number of nitrogens with one attached hydrogen (secondary N) is 2. The first kappa shape index (κ1) is 15.7. The van der Waals surface area contributed by atoms with Crippen LogP contribution in [-0.2, 0) is 23.0 Å². The highest BCUT2D eigenvalue weighted by Gasteiger charge is 2.21. The summed E-state index contributed by atoms with van der Waals surface area (Å²) >= 11 is 0. The molecule has 0 spiro atoms. The number of hydrogen-bond donors (Lipinski definition) is 3. The van der Waals surface area contributed by atoms with Crippen molar-refractivity contribution >= 4 is 10.0 Å². The Labute approximate surface area is 124 Å². The molecule has 0 unspecified atom stereocenters. The number of benzene rings is 1. The lowest BCUT2D eigenvalue weighted by atomic mass is 10.1. The van der Waals surface area contributed by atoms with Crippen LogP contribution in [-0.4, -0.2) is 25.2 Å². The monoisotopic (exact) mass is 308 g/mol. The van der Waals surface area contributed by atoms with Crippen LogP contribution < -0.4 is 10.5 Å². The van der Waals surface area contributed by atoms with Gasteiger partial charge in [-0.1, -0.05) is 24.3 Å². The molecule has 0 saturated heterocycles. The molecule has 1 aromatic heterocycles. The molecule has 6 nitrogen and oxygen atoms in total. The second-order valence-electron chi connectivity index (χ2n) is 4.94. The van der Waals surface area contributed by atoms with Gasteiger partial charge in [-0.25, -0.2) is 13.1 Å². The van der Waals surface area contributed by atoms with Crippen molar-refractivity contribution in [2.24, 2.45) is 5.73 Å². The second-order valence-corrected chi connectivity index (χ2v) is 6.65. The van der Waals surface area contributed by atoms with Gasteiger partial charge in [0.1, 0.15) is 4.90 Å². The predicted molar refractivity (Wildman–Crippen MR) is 81.3 cm³/mol. The summed E-state index contributed by atoms with van der Waals surface area (Å²) in [7, 11) is -3.56. The molecule has 2 rings (SSSR count). The lowest BCUT2D eigenvalue weighted by Gasteiger charge is -2.07. The smallest absolute Gasteiger partial charge is 0.244 e. The van der Waals surface area contributed by atoms with Crippen LogP contribution in [0.2, 0.25) is 0 Å². The number of nitrogens with two attached hydrogens (primary N) is 1. The summed E-state index contributed by atoms with van der Waals surface area (Å²) in [6.07, 6.45) is 0.819. The van der Waals surface area contributed by atoms with E-state index in [9.17, 15) is 8.42 Å². The maximum Gasteiger partial charge on any atom is 0.244 e. The van der Waals surface area contributed by atoms with Crippen molar-refractivity contribution in [3.8, 4) is 0 Å². The van der Waals surface area contributed by atoms with Crippen LogP contribution in [0.1, 0.15) is 22.5 Å². The minimum Gasteiger partial charge on any atom is -0.330 e. The topological polar surface area (TPSA) is 101 Å². The molecular formula is C14H20N4O2S. The Kier molecular flexibility index (Phi) is 4.76. The van der Waals surface area contributed by atoms with E-state index in [2.05, 4.69) is 14.9 Å². The summed E-state index contributed by atoms with van der Waals surface area (Å²) in [5.41, 5.74) is 8.55. The summed E-state index contributed by atoms with van der Waals surface area (Å²) in [5, 5.41) is 6.60. The van der Waals surface area contributed by atoms with Crippen LogP contribution in [0.3, 0.4) is 0 Å². The number of aromatic amines is 1. The van der Waals surface area contributed by atoms with Gasteiger partial charge >= 0.3 is 0 Å². The summed E-state index contributed by atoms with van der Waals surface area (Å²) in [6, 6.07) is 7.74. The van der Waals surface area contributed by atoms with Crippen molar-refractivity contribution in [2.45, 2.75) is 31.7 Å². The fourth-order valence-electron chi connectivity index (χ4n) is 2.18. The zero-order chi connectivity index (χ0) is 15.5. The quantitative estimate of drug-likeness (QED) is 0.741. The van der Waals surface area contributed by atoms with E-state index in [0.717, 1.165) is 17.5 Å².